The van der Waals surface area contributed by atoms with Crippen LogP contribution in [0, 0.1) is 0 Å². The fourth-order valence-electron chi connectivity index (χ4n) is 2.69. The number of aromatic nitrogens is 1. The lowest BCUT2D eigenvalue weighted by molar-refractivity contribution is 0.0886. The Morgan fingerprint density at radius 3 is 2.67 bits per heavy atom. The number of rotatable bonds is 0. The summed E-state index contributed by atoms with van der Waals surface area (Å²) in [6.45, 7) is 1.52. The van der Waals surface area contributed by atoms with Crippen molar-refractivity contribution in [3.8, 4) is 0 Å². The predicted octanol–water partition coefficient (Wildman–Crippen LogP) is 1.04. The van der Waals surface area contributed by atoms with Crippen LogP contribution in [0.25, 0.3) is 0 Å². The Labute approximate surface area is 117 Å². The number of carbonyl (C=O) groups excluding carboxylic acids is 1. The number of nitrogens with one attached hydrogen (secondary N) is 2. The molecule has 2 aliphatic heterocycles. The molecule has 0 unspecified atom stereocenters. The number of hydrogen-bond donors (Lipinski definition) is 2. The summed E-state index contributed by atoms with van der Waals surface area (Å²) in [6, 6.07) is 1.48. The van der Waals surface area contributed by atoms with E-state index >= 15 is 0 Å². The fraction of sp³-hybridized carbons (Fsp3) is 0.455. The third-order valence-corrected chi connectivity index (χ3v) is 4.39. The molecule has 3 rings (SSSR count). The van der Waals surface area contributed by atoms with Gasteiger partial charge in [-0.05, 0) is 35.1 Å². The standard InChI is InChI=1S/C11H11BrClN3O2/c12-6-5-7(13)8-9(17)15-11(16(8)10(6)18)1-3-14-4-2-11/h5,14H,1-4H2,(H,15,17). The third kappa shape index (κ3) is 1.56. The Morgan fingerprint density at radius 2 is 2.00 bits per heavy atom. The summed E-state index contributed by atoms with van der Waals surface area (Å²) in [5.74, 6) is -0.272. The van der Waals surface area contributed by atoms with Gasteiger partial charge in [0.25, 0.3) is 11.5 Å². The molecule has 2 aliphatic rings. The molecule has 1 spiro atoms. The van der Waals surface area contributed by atoms with Gasteiger partial charge in [0.2, 0.25) is 0 Å². The van der Waals surface area contributed by atoms with E-state index < -0.39 is 5.66 Å². The molecule has 7 heteroatoms. The number of halogens is 2. The van der Waals surface area contributed by atoms with E-state index in [1.54, 1.807) is 0 Å². The van der Waals surface area contributed by atoms with Gasteiger partial charge in [-0.25, -0.2) is 0 Å². The highest BCUT2D eigenvalue weighted by Gasteiger charge is 2.45. The van der Waals surface area contributed by atoms with Gasteiger partial charge in [-0.3, -0.25) is 14.2 Å². The molecule has 0 radical (unpaired) electrons. The highest BCUT2D eigenvalue weighted by atomic mass is 79.9. The van der Waals surface area contributed by atoms with E-state index in [1.807, 2.05) is 0 Å². The molecule has 1 aromatic heterocycles. The molecule has 3 heterocycles. The maximum atomic E-state index is 12.3. The molecule has 0 aliphatic carbocycles. The first kappa shape index (κ1) is 12.2. The number of amides is 1. The molecule has 0 atom stereocenters. The molecule has 5 nitrogen and oxygen atoms in total. The number of pyridine rings is 1. The zero-order chi connectivity index (χ0) is 12.9. The molecule has 1 amide bonds. The van der Waals surface area contributed by atoms with E-state index in [2.05, 4.69) is 26.6 Å². The molecule has 2 N–H and O–H groups in total. The van der Waals surface area contributed by atoms with Gasteiger partial charge in [-0.1, -0.05) is 11.6 Å². The Hall–Kier alpha value is -0.850. The number of piperidine rings is 1. The molecule has 1 aromatic rings. The Bertz CT molecular complexity index is 593. The average molecular weight is 333 g/mol. The SMILES string of the molecule is O=C1NC2(CCNCC2)n2c1c(Cl)cc(Br)c2=O. The van der Waals surface area contributed by atoms with Crippen molar-refractivity contribution >= 4 is 33.4 Å². The Morgan fingerprint density at radius 1 is 1.33 bits per heavy atom. The third-order valence-electron chi connectivity index (χ3n) is 3.53. The zero-order valence-corrected chi connectivity index (χ0v) is 11.8. The summed E-state index contributed by atoms with van der Waals surface area (Å²) < 4.78 is 1.90. The van der Waals surface area contributed by atoms with Crippen LogP contribution in [-0.2, 0) is 5.66 Å². The normalized spacial score (nSPS) is 20.9. The minimum Gasteiger partial charge on any atom is -0.327 e. The molecular weight excluding hydrogens is 321 g/mol. The van der Waals surface area contributed by atoms with Gasteiger partial charge < -0.3 is 10.6 Å². The van der Waals surface area contributed by atoms with Gasteiger partial charge in [0.1, 0.15) is 11.4 Å². The maximum Gasteiger partial charge on any atom is 0.271 e. The first-order chi connectivity index (χ1) is 8.55. The first-order valence-corrected chi connectivity index (χ1v) is 6.87. The molecular formula is C11H11BrClN3O2. The molecule has 1 fully saturated rings. The van der Waals surface area contributed by atoms with Crippen LogP contribution in [0.1, 0.15) is 23.3 Å². The van der Waals surface area contributed by atoms with E-state index in [1.165, 1.54) is 10.6 Å². The van der Waals surface area contributed by atoms with Crippen LogP contribution in [0.2, 0.25) is 5.02 Å². The van der Waals surface area contributed by atoms with Crippen molar-refractivity contribution in [2.24, 2.45) is 0 Å². The van der Waals surface area contributed by atoms with Crippen molar-refractivity contribution in [2.45, 2.75) is 18.5 Å². The summed E-state index contributed by atoms with van der Waals surface area (Å²) in [7, 11) is 0. The summed E-state index contributed by atoms with van der Waals surface area (Å²) >= 11 is 9.28. The van der Waals surface area contributed by atoms with Crippen LogP contribution >= 0.6 is 27.5 Å². The average Bonchev–Trinajstić information content (AvgIpc) is 2.60. The lowest BCUT2D eigenvalue weighted by atomic mass is 9.98. The quantitative estimate of drug-likeness (QED) is 0.746. The summed E-state index contributed by atoms with van der Waals surface area (Å²) in [6.07, 6.45) is 1.36. The van der Waals surface area contributed by atoms with Gasteiger partial charge in [-0.2, -0.15) is 0 Å². The number of carbonyl (C=O) groups is 1. The van der Waals surface area contributed by atoms with Crippen molar-refractivity contribution in [3.63, 3.8) is 0 Å². The second-order valence-electron chi connectivity index (χ2n) is 4.57. The molecule has 1 saturated heterocycles. The minimum absolute atomic E-state index is 0.213. The van der Waals surface area contributed by atoms with Crippen molar-refractivity contribution in [1.29, 1.82) is 0 Å². The fourth-order valence-corrected chi connectivity index (χ4v) is 3.51. The van der Waals surface area contributed by atoms with E-state index in [0.29, 0.717) is 22.3 Å². The summed E-state index contributed by atoms with van der Waals surface area (Å²) in [5, 5.41) is 6.44. The smallest absolute Gasteiger partial charge is 0.271 e. The monoisotopic (exact) mass is 331 g/mol. The number of hydrogen-bond acceptors (Lipinski definition) is 3. The van der Waals surface area contributed by atoms with Gasteiger partial charge >= 0.3 is 0 Å². The van der Waals surface area contributed by atoms with Crippen LogP contribution in [0.3, 0.4) is 0 Å². The molecule has 0 aromatic carbocycles. The van der Waals surface area contributed by atoms with Crippen molar-refractivity contribution < 1.29 is 4.79 Å². The highest BCUT2D eigenvalue weighted by molar-refractivity contribution is 9.10. The number of nitrogens with zero attached hydrogens (tertiary/aromatic N) is 1. The van der Waals surface area contributed by atoms with Crippen molar-refractivity contribution in [1.82, 2.24) is 15.2 Å². The van der Waals surface area contributed by atoms with Crippen molar-refractivity contribution in [2.75, 3.05) is 13.1 Å². The molecule has 0 saturated carbocycles. The molecule has 0 bridgehead atoms. The minimum atomic E-state index is -0.623. The van der Waals surface area contributed by atoms with E-state index in [0.717, 1.165) is 13.1 Å². The van der Waals surface area contributed by atoms with Crippen LogP contribution in [0.15, 0.2) is 15.3 Å². The molecule has 18 heavy (non-hydrogen) atoms. The van der Waals surface area contributed by atoms with Gasteiger partial charge in [0.15, 0.2) is 0 Å². The Kier molecular flexibility index (Phi) is 2.76. The van der Waals surface area contributed by atoms with Crippen LogP contribution in [0.5, 0.6) is 0 Å². The second-order valence-corrected chi connectivity index (χ2v) is 5.83. The number of fused-ring (bicyclic) bond motifs is 2. The van der Waals surface area contributed by atoms with E-state index in [4.69, 9.17) is 11.6 Å². The molecule has 96 valence electrons. The van der Waals surface area contributed by atoms with Crippen LogP contribution < -0.4 is 16.2 Å². The van der Waals surface area contributed by atoms with E-state index in [-0.39, 0.29) is 17.2 Å². The zero-order valence-electron chi connectivity index (χ0n) is 9.43. The first-order valence-electron chi connectivity index (χ1n) is 5.70. The summed E-state index contributed by atoms with van der Waals surface area (Å²) in [5.41, 5.74) is -0.566. The van der Waals surface area contributed by atoms with Gasteiger partial charge in [0.05, 0.1) is 9.50 Å². The highest BCUT2D eigenvalue weighted by Crippen LogP contribution is 2.33. The van der Waals surface area contributed by atoms with E-state index in [9.17, 15) is 9.59 Å². The topological polar surface area (TPSA) is 63.1 Å². The van der Waals surface area contributed by atoms with Crippen LogP contribution in [0.4, 0.5) is 0 Å². The predicted molar refractivity (Wildman–Crippen MR) is 71.0 cm³/mol. The largest absolute Gasteiger partial charge is 0.327 e. The summed E-state index contributed by atoms with van der Waals surface area (Å²) in [4.78, 5) is 24.3. The maximum absolute atomic E-state index is 12.3. The second kappa shape index (κ2) is 4.08. The van der Waals surface area contributed by atoms with Crippen LogP contribution in [-0.4, -0.2) is 23.6 Å². The lowest BCUT2D eigenvalue weighted by Crippen LogP contribution is -2.53. The Balaban J connectivity index is 2.29. The van der Waals surface area contributed by atoms with Gasteiger partial charge in [-0.15, -0.1) is 0 Å². The van der Waals surface area contributed by atoms with Gasteiger partial charge in [0, 0.05) is 12.8 Å². The van der Waals surface area contributed by atoms with Crippen molar-refractivity contribution in [3.05, 3.63) is 31.6 Å². The lowest BCUT2D eigenvalue weighted by Gasteiger charge is -2.35.